The third-order valence-electron chi connectivity index (χ3n) is 4.40. The zero-order valence-corrected chi connectivity index (χ0v) is 12.1. The van der Waals surface area contributed by atoms with Gasteiger partial charge in [0.2, 0.25) is 0 Å². The average Bonchev–Trinajstić information content (AvgIpc) is 2.48. The molecule has 0 aliphatic heterocycles. The Hall–Kier alpha value is -1.96. The van der Waals surface area contributed by atoms with Crippen LogP contribution in [0.4, 0.5) is 0 Å². The largest absolute Gasteiger partial charge is 0.204 e. The number of fused-ring (bicyclic) bond motifs is 2. The van der Waals surface area contributed by atoms with Crippen LogP contribution in [0.25, 0.3) is 5.57 Å². The van der Waals surface area contributed by atoms with E-state index in [1.807, 2.05) is 0 Å². The van der Waals surface area contributed by atoms with Crippen molar-refractivity contribution in [3.05, 3.63) is 64.4 Å². The summed E-state index contributed by atoms with van der Waals surface area (Å²) in [7, 11) is 0. The Morgan fingerprint density at radius 2 is 1.90 bits per heavy atom. The van der Waals surface area contributed by atoms with Crippen LogP contribution in [-0.2, 0) is 0 Å². The molecule has 2 heteroatoms. The van der Waals surface area contributed by atoms with Crippen LogP contribution in [0.1, 0.15) is 50.2 Å². The van der Waals surface area contributed by atoms with Crippen molar-refractivity contribution in [1.29, 1.82) is 5.53 Å². The first-order chi connectivity index (χ1) is 9.72. The van der Waals surface area contributed by atoms with Crippen molar-refractivity contribution in [3.63, 3.8) is 0 Å². The second kappa shape index (κ2) is 5.20. The van der Waals surface area contributed by atoms with Crippen LogP contribution in [0.2, 0.25) is 0 Å². The Morgan fingerprint density at radius 3 is 2.70 bits per heavy atom. The van der Waals surface area contributed by atoms with E-state index in [1.54, 1.807) is 0 Å². The zero-order valence-electron chi connectivity index (χ0n) is 12.1. The van der Waals surface area contributed by atoms with Gasteiger partial charge in [0.15, 0.2) is 0 Å². The zero-order chi connectivity index (χ0) is 14.1. The van der Waals surface area contributed by atoms with Crippen molar-refractivity contribution in [2.75, 3.05) is 0 Å². The predicted molar refractivity (Wildman–Crippen MR) is 82.6 cm³/mol. The molecule has 3 rings (SSSR count). The van der Waals surface area contributed by atoms with Gasteiger partial charge in [-0.2, -0.15) is 5.11 Å². The van der Waals surface area contributed by atoms with Gasteiger partial charge in [0.05, 0.1) is 5.70 Å². The molecule has 0 saturated carbocycles. The Balaban J connectivity index is 2.28. The summed E-state index contributed by atoms with van der Waals surface area (Å²) >= 11 is 0. The molecule has 0 saturated heterocycles. The standard InChI is InChI=1S/C18H20N2/c1-12-11-14-7-3-4-10-17(14)18(20-19)13(2)16-9-6-5-8-15(12)16/h5-10,12,19H,3-4,11H2,1-2H3/b18-13+,20-19?. The Bertz CT molecular complexity index is 647. The second-order valence-electron chi connectivity index (χ2n) is 5.70. The molecule has 20 heavy (non-hydrogen) atoms. The fourth-order valence-electron chi connectivity index (χ4n) is 3.35. The molecule has 0 spiro atoms. The van der Waals surface area contributed by atoms with Gasteiger partial charge in [0.1, 0.15) is 0 Å². The molecule has 0 radical (unpaired) electrons. The molecule has 102 valence electrons. The van der Waals surface area contributed by atoms with Crippen molar-refractivity contribution in [3.8, 4) is 0 Å². The van der Waals surface area contributed by atoms with Crippen LogP contribution >= 0.6 is 0 Å². The molecule has 1 unspecified atom stereocenters. The number of hydrogen-bond donors (Lipinski definition) is 1. The van der Waals surface area contributed by atoms with E-state index in [2.05, 4.69) is 55.4 Å². The molecular weight excluding hydrogens is 244 g/mol. The number of hydrogen-bond acceptors (Lipinski definition) is 2. The molecule has 0 fully saturated rings. The lowest BCUT2D eigenvalue weighted by Gasteiger charge is -2.26. The van der Waals surface area contributed by atoms with Gasteiger partial charge in [0.25, 0.3) is 0 Å². The lowest BCUT2D eigenvalue weighted by Crippen LogP contribution is -2.09. The van der Waals surface area contributed by atoms with E-state index >= 15 is 0 Å². The normalized spacial score (nSPS) is 25.6. The lowest BCUT2D eigenvalue weighted by atomic mass is 9.79. The summed E-state index contributed by atoms with van der Waals surface area (Å²) in [5.41, 5.74) is 14.7. The number of nitrogens with one attached hydrogen (secondary N) is 1. The molecule has 0 bridgehead atoms. The van der Waals surface area contributed by atoms with Crippen molar-refractivity contribution < 1.29 is 0 Å². The van der Waals surface area contributed by atoms with Crippen LogP contribution in [0, 0.1) is 5.53 Å². The molecule has 1 aromatic carbocycles. The smallest absolute Gasteiger partial charge is 0.0956 e. The molecule has 2 aliphatic carbocycles. The number of benzene rings is 1. The van der Waals surface area contributed by atoms with Crippen LogP contribution in [-0.4, -0.2) is 0 Å². The Kier molecular flexibility index (Phi) is 3.39. The summed E-state index contributed by atoms with van der Waals surface area (Å²) in [4.78, 5) is 0. The summed E-state index contributed by atoms with van der Waals surface area (Å²) in [6.45, 7) is 4.39. The summed E-state index contributed by atoms with van der Waals surface area (Å²) in [6, 6.07) is 8.55. The molecule has 0 aromatic heterocycles. The van der Waals surface area contributed by atoms with Crippen molar-refractivity contribution >= 4 is 5.57 Å². The molecular formula is C18H20N2. The minimum Gasteiger partial charge on any atom is -0.204 e. The molecule has 0 amide bonds. The van der Waals surface area contributed by atoms with Crippen LogP contribution < -0.4 is 0 Å². The van der Waals surface area contributed by atoms with E-state index < -0.39 is 0 Å². The highest BCUT2D eigenvalue weighted by Gasteiger charge is 2.24. The first-order valence-electron chi connectivity index (χ1n) is 7.30. The van der Waals surface area contributed by atoms with Gasteiger partial charge in [-0.1, -0.05) is 43.3 Å². The molecule has 2 nitrogen and oxygen atoms in total. The Morgan fingerprint density at radius 1 is 1.15 bits per heavy atom. The highest BCUT2D eigenvalue weighted by atomic mass is 15.0. The van der Waals surface area contributed by atoms with E-state index in [4.69, 9.17) is 5.53 Å². The second-order valence-corrected chi connectivity index (χ2v) is 5.70. The SMILES string of the molecule is C/C1=C(\N=N)C2=CCCC=C2CC(C)c2ccccc21. The van der Waals surface area contributed by atoms with Crippen molar-refractivity contribution in [1.82, 2.24) is 0 Å². The van der Waals surface area contributed by atoms with E-state index in [1.165, 1.54) is 22.3 Å². The lowest BCUT2D eigenvalue weighted by molar-refractivity contribution is 0.738. The fourth-order valence-corrected chi connectivity index (χ4v) is 3.35. The maximum atomic E-state index is 7.61. The quantitative estimate of drug-likeness (QED) is 0.641. The maximum Gasteiger partial charge on any atom is 0.0956 e. The molecule has 1 atom stereocenters. The number of allylic oxidation sites excluding steroid dienone is 4. The van der Waals surface area contributed by atoms with Gasteiger partial charge < -0.3 is 0 Å². The van der Waals surface area contributed by atoms with Gasteiger partial charge >= 0.3 is 0 Å². The van der Waals surface area contributed by atoms with E-state index in [-0.39, 0.29) is 0 Å². The minimum atomic E-state index is 0.501. The summed E-state index contributed by atoms with van der Waals surface area (Å²) in [5, 5.41) is 3.86. The third kappa shape index (κ3) is 2.05. The minimum absolute atomic E-state index is 0.501. The van der Waals surface area contributed by atoms with Crippen LogP contribution in [0.3, 0.4) is 0 Å². The van der Waals surface area contributed by atoms with Gasteiger partial charge in [0, 0.05) is 5.57 Å². The van der Waals surface area contributed by atoms with Gasteiger partial charge in [-0.25, -0.2) is 5.53 Å². The molecule has 2 aliphatic rings. The number of nitrogens with zero attached hydrogens (tertiary/aromatic N) is 1. The summed E-state index contributed by atoms with van der Waals surface area (Å²) in [6.07, 6.45) is 7.79. The van der Waals surface area contributed by atoms with Crippen LogP contribution in [0.5, 0.6) is 0 Å². The topological polar surface area (TPSA) is 36.2 Å². The van der Waals surface area contributed by atoms with Gasteiger partial charge in [-0.3, -0.25) is 0 Å². The summed E-state index contributed by atoms with van der Waals surface area (Å²) < 4.78 is 0. The van der Waals surface area contributed by atoms with Crippen molar-refractivity contribution in [2.45, 2.75) is 39.0 Å². The third-order valence-corrected chi connectivity index (χ3v) is 4.40. The number of rotatable bonds is 1. The Labute approximate surface area is 120 Å². The molecule has 1 N–H and O–H groups in total. The average molecular weight is 264 g/mol. The molecule has 1 aromatic rings. The van der Waals surface area contributed by atoms with E-state index in [0.29, 0.717) is 5.92 Å². The highest BCUT2D eigenvalue weighted by Crippen LogP contribution is 2.41. The van der Waals surface area contributed by atoms with Gasteiger partial charge in [-0.05, 0) is 54.4 Å². The first kappa shape index (κ1) is 13.0. The maximum absolute atomic E-state index is 7.61. The summed E-state index contributed by atoms with van der Waals surface area (Å²) in [5.74, 6) is 0.501. The fraction of sp³-hybridized carbons (Fsp3) is 0.333. The monoisotopic (exact) mass is 264 g/mol. The highest BCUT2D eigenvalue weighted by molar-refractivity contribution is 5.76. The van der Waals surface area contributed by atoms with Gasteiger partial charge in [-0.15, -0.1) is 0 Å². The van der Waals surface area contributed by atoms with Crippen LogP contribution in [0.15, 0.2) is 58.4 Å². The molecule has 0 heterocycles. The first-order valence-corrected chi connectivity index (χ1v) is 7.30. The van der Waals surface area contributed by atoms with Crippen molar-refractivity contribution in [2.24, 2.45) is 5.11 Å². The van der Waals surface area contributed by atoms with E-state index in [9.17, 15) is 0 Å². The van der Waals surface area contributed by atoms with E-state index in [0.717, 1.165) is 30.5 Å². The predicted octanol–water partition coefficient (Wildman–Crippen LogP) is 5.60.